The highest BCUT2D eigenvalue weighted by atomic mass is 16.2. The number of aromatic amines is 1. The lowest BCUT2D eigenvalue weighted by molar-refractivity contribution is 0.0745. The molecular formula is C26H33N7O2. The zero-order chi connectivity index (χ0) is 24.2. The van der Waals surface area contributed by atoms with Crippen LogP contribution in [0.4, 0.5) is 5.69 Å². The molecule has 1 amide bonds. The van der Waals surface area contributed by atoms with E-state index >= 15 is 0 Å². The van der Waals surface area contributed by atoms with Gasteiger partial charge in [0, 0.05) is 57.6 Å². The Morgan fingerprint density at radius 3 is 2.51 bits per heavy atom. The van der Waals surface area contributed by atoms with E-state index in [1.807, 2.05) is 42.4 Å². The number of rotatable bonds is 6. The molecule has 9 heteroatoms. The van der Waals surface area contributed by atoms with E-state index in [1.165, 1.54) is 6.42 Å². The van der Waals surface area contributed by atoms with Crippen molar-refractivity contribution in [3.63, 3.8) is 0 Å². The van der Waals surface area contributed by atoms with Gasteiger partial charge in [0.2, 0.25) is 0 Å². The number of hydrazine groups is 1. The lowest BCUT2D eigenvalue weighted by Crippen LogP contribution is -2.46. The highest BCUT2D eigenvalue weighted by molar-refractivity contribution is 5.92. The fraction of sp³-hybridized carbons (Fsp3) is 0.462. The van der Waals surface area contributed by atoms with Crippen molar-refractivity contribution < 1.29 is 4.79 Å². The van der Waals surface area contributed by atoms with Crippen LogP contribution in [0, 0.1) is 0 Å². The second-order valence-electron chi connectivity index (χ2n) is 9.41. The molecule has 0 bridgehead atoms. The van der Waals surface area contributed by atoms with Crippen molar-refractivity contribution in [2.45, 2.75) is 39.2 Å². The molecule has 0 saturated carbocycles. The number of piperazine rings is 1. The first kappa shape index (κ1) is 23.4. The zero-order valence-electron chi connectivity index (χ0n) is 20.3. The molecule has 2 aliphatic rings. The molecule has 3 aromatic heterocycles. The van der Waals surface area contributed by atoms with Crippen molar-refractivity contribution in [3.05, 3.63) is 63.8 Å². The van der Waals surface area contributed by atoms with E-state index in [0.717, 1.165) is 86.5 Å². The monoisotopic (exact) mass is 475 g/mol. The number of nitrogens with one attached hydrogen (secondary N) is 2. The maximum atomic E-state index is 12.5. The van der Waals surface area contributed by atoms with Crippen LogP contribution in [0.25, 0.3) is 11.0 Å². The number of nitrogens with zero attached hydrogens (tertiary/aromatic N) is 5. The molecule has 2 N–H and O–H groups in total. The van der Waals surface area contributed by atoms with Crippen molar-refractivity contribution in [2.75, 3.05) is 44.2 Å². The number of fused-ring (bicyclic) bond motifs is 1. The predicted octanol–water partition coefficient (Wildman–Crippen LogP) is 2.33. The molecule has 0 aliphatic carbocycles. The average Bonchev–Trinajstić information content (AvgIpc) is 2.89. The number of carbonyl (C=O) groups excluding carboxylic acids is 1. The van der Waals surface area contributed by atoms with Crippen LogP contribution in [0.1, 0.15) is 47.8 Å². The lowest BCUT2D eigenvalue weighted by atomic mass is 10.1. The van der Waals surface area contributed by atoms with Gasteiger partial charge in [-0.3, -0.25) is 24.9 Å². The van der Waals surface area contributed by atoms with Gasteiger partial charge in [-0.2, -0.15) is 0 Å². The van der Waals surface area contributed by atoms with Gasteiger partial charge in [0.25, 0.3) is 11.5 Å². The summed E-state index contributed by atoms with van der Waals surface area (Å²) in [6, 6.07) is 7.72. The molecule has 35 heavy (non-hydrogen) atoms. The molecule has 9 nitrogen and oxygen atoms in total. The van der Waals surface area contributed by atoms with Crippen LogP contribution >= 0.6 is 0 Å². The van der Waals surface area contributed by atoms with Crippen LogP contribution in [0.3, 0.4) is 0 Å². The highest BCUT2D eigenvalue weighted by Crippen LogP contribution is 2.18. The van der Waals surface area contributed by atoms with Gasteiger partial charge in [-0.25, -0.2) is 9.99 Å². The first-order valence-corrected chi connectivity index (χ1v) is 12.6. The molecule has 2 fully saturated rings. The molecule has 0 atom stereocenters. The number of hydrogen-bond donors (Lipinski definition) is 2. The van der Waals surface area contributed by atoms with Gasteiger partial charge in [0.1, 0.15) is 5.69 Å². The molecule has 5 rings (SSSR count). The standard InChI is InChI=1S/C26H33N7O2/c1-2-20-15-23-24(29-25(20)34)14-19(16-27-23)18-31-10-12-32(13-11-31)21-6-7-22(28-17-21)26(35)30-33-8-4-3-5-9-33/h6-7,14-17H,2-5,8-13,18H2,1H3,(H,29,34)(H,30,35). The Morgan fingerprint density at radius 2 is 1.80 bits per heavy atom. The van der Waals surface area contributed by atoms with Gasteiger partial charge in [0.05, 0.1) is 22.9 Å². The summed E-state index contributed by atoms with van der Waals surface area (Å²) in [5.74, 6) is -0.139. The van der Waals surface area contributed by atoms with Crippen LogP contribution in [0.15, 0.2) is 41.5 Å². The van der Waals surface area contributed by atoms with Crippen molar-refractivity contribution >= 4 is 22.6 Å². The summed E-state index contributed by atoms with van der Waals surface area (Å²) in [7, 11) is 0. The molecule has 0 unspecified atom stereocenters. The fourth-order valence-electron chi connectivity index (χ4n) is 4.85. The first-order valence-electron chi connectivity index (χ1n) is 12.6. The van der Waals surface area contributed by atoms with Crippen LogP contribution in [0.2, 0.25) is 0 Å². The van der Waals surface area contributed by atoms with Crippen LogP contribution in [-0.2, 0) is 13.0 Å². The van der Waals surface area contributed by atoms with Crippen molar-refractivity contribution in [1.29, 1.82) is 0 Å². The highest BCUT2D eigenvalue weighted by Gasteiger charge is 2.19. The third kappa shape index (κ3) is 5.52. The second kappa shape index (κ2) is 10.5. The first-order chi connectivity index (χ1) is 17.1. The molecule has 3 aromatic rings. The summed E-state index contributed by atoms with van der Waals surface area (Å²) in [4.78, 5) is 41.3. The summed E-state index contributed by atoms with van der Waals surface area (Å²) in [5, 5.41) is 1.99. The van der Waals surface area contributed by atoms with Gasteiger partial charge < -0.3 is 9.88 Å². The minimum atomic E-state index is -0.139. The Morgan fingerprint density at radius 1 is 1.00 bits per heavy atom. The Hall–Kier alpha value is -3.30. The minimum absolute atomic E-state index is 0.0313. The van der Waals surface area contributed by atoms with Gasteiger partial charge in [-0.05, 0) is 49.1 Å². The third-order valence-corrected chi connectivity index (χ3v) is 6.95. The zero-order valence-corrected chi connectivity index (χ0v) is 20.3. The van der Waals surface area contributed by atoms with E-state index in [9.17, 15) is 9.59 Å². The van der Waals surface area contributed by atoms with Crippen molar-refractivity contribution in [3.8, 4) is 0 Å². The Labute approximate surface area is 205 Å². The number of amides is 1. The van der Waals surface area contributed by atoms with Gasteiger partial charge >= 0.3 is 0 Å². The SMILES string of the molecule is CCc1cc2ncc(CN3CCN(c4ccc(C(=O)NN5CCCCC5)nc4)CC3)cc2[nH]c1=O. The van der Waals surface area contributed by atoms with Crippen molar-refractivity contribution in [2.24, 2.45) is 0 Å². The molecule has 2 saturated heterocycles. The molecule has 0 radical (unpaired) electrons. The van der Waals surface area contributed by atoms with Crippen molar-refractivity contribution in [1.82, 2.24) is 30.3 Å². The second-order valence-corrected chi connectivity index (χ2v) is 9.41. The normalized spacial score (nSPS) is 17.6. The molecule has 184 valence electrons. The number of H-pyrrole nitrogens is 1. The number of aromatic nitrogens is 3. The van der Waals surface area contributed by atoms with E-state index in [-0.39, 0.29) is 11.5 Å². The number of pyridine rings is 3. The van der Waals surface area contributed by atoms with E-state index in [0.29, 0.717) is 12.1 Å². The summed E-state index contributed by atoms with van der Waals surface area (Å²) in [6.45, 7) is 8.19. The smallest absolute Gasteiger partial charge is 0.284 e. The summed E-state index contributed by atoms with van der Waals surface area (Å²) in [5.41, 5.74) is 7.90. The number of piperidine rings is 1. The topological polar surface area (TPSA) is 97.5 Å². The van der Waals surface area contributed by atoms with E-state index in [1.54, 1.807) is 6.20 Å². The Balaban J connectivity index is 1.15. The van der Waals surface area contributed by atoms with Gasteiger partial charge in [0.15, 0.2) is 0 Å². The Kier molecular flexibility index (Phi) is 7.06. The maximum Gasteiger partial charge on any atom is 0.284 e. The average molecular weight is 476 g/mol. The molecule has 0 spiro atoms. The number of hydrogen-bond acceptors (Lipinski definition) is 7. The predicted molar refractivity (Wildman–Crippen MR) is 136 cm³/mol. The molecular weight excluding hydrogens is 442 g/mol. The summed E-state index contributed by atoms with van der Waals surface area (Å²) < 4.78 is 0. The molecule has 0 aromatic carbocycles. The lowest BCUT2D eigenvalue weighted by Gasteiger charge is -2.36. The summed E-state index contributed by atoms with van der Waals surface area (Å²) in [6.07, 6.45) is 7.87. The van der Waals surface area contributed by atoms with E-state index < -0.39 is 0 Å². The van der Waals surface area contributed by atoms with E-state index in [2.05, 4.69) is 30.2 Å². The number of anilines is 1. The van der Waals surface area contributed by atoms with Gasteiger partial charge in [-0.1, -0.05) is 13.3 Å². The van der Waals surface area contributed by atoms with Crippen LogP contribution in [0.5, 0.6) is 0 Å². The number of aryl methyl sites for hydroxylation is 1. The summed E-state index contributed by atoms with van der Waals surface area (Å²) >= 11 is 0. The number of carbonyl (C=O) groups is 1. The van der Waals surface area contributed by atoms with Crippen LogP contribution < -0.4 is 15.9 Å². The maximum absolute atomic E-state index is 12.5. The molecule has 2 aliphatic heterocycles. The Bertz CT molecular complexity index is 1230. The fourth-order valence-corrected chi connectivity index (χ4v) is 4.85. The quantitative estimate of drug-likeness (QED) is 0.565. The third-order valence-electron chi connectivity index (χ3n) is 6.95. The largest absolute Gasteiger partial charge is 0.368 e. The van der Waals surface area contributed by atoms with Gasteiger partial charge in [-0.15, -0.1) is 0 Å². The molecule has 5 heterocycles. The minimum Gasteiger partial charge on any atom is -0.368 e. The van der Waals surface area contributed by atoms with Crippen LogP contribution in [-0.4, -0.2) is 70.0 Å². The van der Waals surface area contributed by atoms with E-state index in [4.69, 9.17) is 0 Å².